The summed E-state index contributed by atoms with van der Waals surface area (Å²) in [4.78, 5) is 25.3. The first kappa shape index (κ1) is 37.4. The van der Waals surface area contributed by atoms with Crippen LogP contribution in [-0.4, -0.2) is 56.7 Å². The Hall–Kier alpha value is -0.590. The van der Waals surface area contributed by atoms with Crippen molar-refractivity contribution >= 4 is 35.0 Å². The molecule has 0 aromatic carbocycles. The number of nitrogens with zero attached hydrogens (tertiary/aromatic N) is 2. The van der Waals surface area contributed by atoms with Gasteiger partial charge in [0.05, 0.1) is 25.9 Å². The second-order valence-corrected chi connectivity index (χ2v) is 13.7. The molecule has 1 heterocycles. The van der Waals surface area contributed by atoms with E-state index in [9.17, 15) is 19.4 Å². The van der Waals surface area contributed by atoms with E-state index in [0.717, 1.165) is 11.5 Å². The van der Waals surface area contributed by atoms with E-state index >= 15 is 0 Å². The molecule has 7 N–H and O–H groups in total. The summed E-state index contributed by atoms with van der Waals surface area (Å²) in [5.41, 5.74) is 4.87. The van der Waals surface area contributed by atoms with Crippen LogP contribution < -0.4 is 17.6 Å². The van der Waals surface area contributed by atoms with Crippen LogP contribution in [0.2, 0.25) is 0 Å². The molecule has 0 saturated carbocycles. The maximum atomic E-state index is 12.2. The molecule has 0 aliphatic carbocycles. The van der Waals surface area contributed by atoms with Crippen molar-refractivity contribution in [3.8, 4) is 0 Å². The topological polar surface area (TPSA) is 172 Å². The van der Waals surface area contributed by atoms with Gasteiger partial charge in [-0.1, -0.05) is 99.1 Å². The van der Waals surface area contributed by atoms with Crippen LogP contribution >= 0.6 is 29.2 Å². The Kier molecular flexibility index (Phi) is 23.9. The maximum absolute atomic E-state index is 12.2. The average molecular weight is 599 g/mol. The zero-order valence-electron chi connectivity index (χ0n) is 23.1. The van der Waals surface area contributed by atoms with Gasteiger partial charge < -0.3 is 31.1 Å². The summed E-state index contributed by atoms with van der Waals surface area (Å²) in [6.07, 6.45) is 17.0. The fourth-order valence-electron chi connectivity index (χ4n) is 3.65. The molecule has 0 fully saturated rings. The highest BCUT2D eigenvalue weighted by Crippen LogP contribution is 2.42. The number of anilines is 1. The van der Waals surface area contributed by atoms with Crippen LogP contribution in [0.25, 0.3) is 0 Å². The number of nitrogens with two attached hydrogens (primary N) is 1. The normalized spacial score (nSPS) is 13.7. The smallest absolute Gasteiger partial charge is 0.353 e. The fourth-order valence-corrected chi connectivity index (χ4v) is 6.74. The molecule has 0 radical (unpaired) electrons. The molecule has 0 saturated heterocycles. The van der Waals surface area contributed by atoms with Crippen molar-refractivity contribution in [1.82, 2.24) is 15.7 Å². The van der Waals surface area contributed by atoms with Gasteiger partial charge in [0.15, 0.2) is 0 Å². The van der Waals surface area contributed by atoms with Crippen LogP contribution in [0.5, 0.6) is 0 Å². The molecule has 1 aromatic rings. The third kappa shape index (κ3) is 20.3. The SMILES string of the molecule is CCCCCCCCCCCCCCSSCCCOP(=O)(O)CO[C@H](CO)Cn1ccc(N)nc1=O.N. The van der Waals surface area contributed by atoms with Gasteiger partial charge in [-0.2, -0.15) is 4.98 Å². The molecule has 0 bridgehead atoms. The molecule has 0 aliphatic rings. The lowest BCUT2D eigenvalue weighted by molar-refractivity contribution is 0.0168. The Morgan fingerprint density at radius 1 is 1.00 bits per heavy atom. The van der Waals surface area contributed by atoms with Gasteiger partial charge in [-0.05, 0) is 18.9 Å². The molecular formula is C25H51N4O6PS2. The molecule has 1 rings (SSSR count). The van der Waals surface area contributed by atoms with E-state index in [1.807, 2.05) is 10.8 Å². The van der Waals surface area contributed by atoms with Gasteiger partial charge in [0.2, 0.25) is 0 Å². The van der Waals surface area contributed by atoms with Gasteiger partial charge in [0.25, 0.3) is 0 Å². The van der Waals surface area contributed by atoms with E-state index in [1.165, 1.54) is 93.9 Å². The van der Waals surface area contributed by atoms with Gasteiger partial charge in [-0.25, -0.2) is 4.79 Å². The molecule has 1 unspecified atom stereocenters. The average Bonchev–Trinajstić information content (AvgIpc) is 2.87. The lowest BCUT2D eigenvalue weighted by Crippen LogP contribution is -2.32. The molecule has 10 nitrogen and oxygen atoms in total. The van der Waals surface area contributed by atoms with Gasteiger partial charge in [0, 0.05) is 17.7 Å². The van der Waals surface area contributed by atoms with Crippen molar-refractivity contribution < 1.29 is 23.8 Å². The number of rotatable bonds is 25. The zero-order valence-corrected chi connectivity index (χ0v) is 25.7. The predicted molar refractivity (Wildman–Crippen MR) is 161 cm³/mol. The first-order chi connectivity index (χ1) is 17.9. The van der Waals surface area contributed by atoms with Gasteiger partial charge >= 0.3 is 13.3 Å². The summed E-state index contributed by atoms with van der Waals surface area (Å²) in [5, 5.41) is 9.47. The molecule has 13 heteroatoms. The summed E-state index contributed by atoms with van der Waals surface area (Å²) in [6, 6.07) is 1.45. The minimum Gasteiger partial charge on any atom is -0.394 e. The first-order valence-electron chi connectivity index (χ1n) is 13.6. The van der Waals surface area contributed by atoms with E-state index in [2.05, 4.69) is 11.9 Å². The fraction of sp³-hybridized carbons (Fsp3) is 0.840. The van der Waals surface area contributed by atoms with E-state index in [1.54, 1.807) is 10.8 Å². The highest BCUT2D eigenvalue weighted by molar-refractivity contribution is 8.76. The van der Waals surface area contributed by atoms with Crippen molar-refractivity contribution in [2.24, 2.45) is 0 Å². The molecule has 2 atom stereocenters. The Morgan fingerprint density at radius 2 is 1.55 bits per heavy atom. The number of aliphatic hydroxyl groups excluding tert-OH is 1. The number of aromatic nitrogens is 2. The van der Waals surface area contributed by atoms with Crippen molar-refractivity contribution in [1.29, 1.82) is 0 Å². The van der Waals surface area contributed by atoms with Gasteiger partial charge in [-0.15, -0.1) is 0 Å². The molecule has 0 amide bonds. The number of hydrogen-bond donors (Lipinski definition) is 4. The quantitative estimate of drug-likeness (QED) is 0.0591. The summed E-state index contributed by atoms with van der Waals surface area (Å²) in [7, 11) is -0.333. The number of aliphatic hydroxyl groups is 1. The lowest BCUT2D eigenvalue weighted by atomic mass is 10.1. The third-order valence-electron chi connectivity index (χ3n) is 5.80. The predicted octanol–water partition coefficient (Wildman–Crippen LogP) is 6.00. The monoisotopic (exact) mass is 598 g/mol. The molecule has 38 heavy (non-hydrogen) atoms. The summed E-state index contributed by atoms with van der Waals surface area (Å²) in [6.45, 7) is 1.98. The molecular weight excluding hydrogens is 547 g/mol. The van der Waals surface area contributed by atoms with Crippen LogP contribution in [-0.2, 0) is 20.4 Å². The van der Waals surface area contributed by atoms with Crippen LogP contribution in [0.1, 0.15) is 90.4 Å². The van der Waals surface area contributed by atoms with E-state index in [4.69, 9.17) is 15.0 Å². The minimum atomic E-state index is -3.95. The van der Waals surface area contributed by atoms with Crippen LogP contribution in [0, 0.1) is 0 Å². The minimum absolute atomic E-state index is 0. The van der Waals surface area contributed by atoms with Crippen molar-refractivity contribution in [2.45, 2.75) is 103 Å². The van der Waals surface area contributed by atoms with E-state index in [-0.39, 0.29) is 25.1 Å². The Bertz CT molecular complexity index is 805. The van der Waals surface area contributed by atoms with Gasteiger partial charge in [-0.3, -0.25) is 9.13 Å². The van der Waals surface area contributed by atoms with Gasteiger partial charge in [0.1, 0.15) is 12.2 Å². The second kappa shape index (κ2) is 24.2. The standard InChI is InChI=1S/C25H48N3O6PS2.H3N/c1-2-3-4-5-6-7-8-9-10-11-12-13-18-36-37-19-14-17-34-35(31,32)22-33-23(21-29)20-28-16-15-24(26)27-25(28)30;/h15-16,23,29H,2-14,17-22H2,1H3,(H,31,32)(H2,26,27,30);1H3/t23-;/m0./s1. The van der Waals surface area contributed by atoms with E-state index < -0.39 is 32.3 Å². The Labute approximate surface area is 236 Å². The van der Waals surface area contributed by atoms with E-state index in [0.29, 0.717) is 6.42 Å². The van der Waals surface area contributed by atoms with Crippen molar-refractivity contribution in [3.63, 3.8) is 0 Å². The van der Waals surface area contributed by atoms with Crippen LogP contribution in [0.3, 0.4) is 0 Å². The highest BCUT2D eigenvalue weighted by atomic mass is 33.1. The summed E-state index contributed by atoms with van der Waals surface area (Å²) >= 11 is 0. The van der Waals surface area contributed by atoms with Crippen LogP contribution in [0.4, 0.5) is 5.82 Å². The molecule has 224 valence electrons. The second-order valence-electron chi connectivity index (χ2n) is 9.24. The largest absolute Gasteiger partial charge is 0.394 e. The summed E-state index contributed by atoms with van der Waals surface area (Å²) < 4.78 is 23.8. The number of hydrogen-bond acceptors (Lipinski definition) is 10. The van der Waals surface area contributed by atoms with Crippen LogP contribution in [0.15, 0.2) is 17.1 Å². The molecule has 1 aromatic heterocycles. The zero-order chi connectivity index (χ0) is 27.2. The Balaban J connectivity index is 0.0000137. The lowest BCUT2D eigenvalue weighted by Gasteiger charge is -2.19. The Morgan fingerprint density at radius 3 is 2.11 bits per heavy atom. The number of unbranched alkanes of at least 4 members (excludes halogenated alkanes) is 11. The third-order valence-corrected chi connectivity index (χ3v) is 9.44. The maximum Gasteiger partial charge on any atom is 0.353 e. The number of nitrogen functional groups attached to an aromatic ring is 1. The van der Waals surface area contributed by atoms with Crippen molar-refractivity contribution in [3.05, 3.63) is 22.7 Å². The first-order valence-corrected chi connectivity index (χ1v) is 17.9. The highest BCUT2D eigenvalue weighted by Gasteiger charge is 2.22. The van der Waals surface area contributed by atoms with Crippen molar-refractivity contribution in [2.75, 3.05) is 36.8 Å². The molecule has 0 spiro atoms. The summed E-state index contributed by atoms with van der Waals surface area (Å²) in [5.74, 6) is 2.07. The number of ether oxygens (including phenoxy) is 1. The molecule has 0 aliphatic heterocycles.